The molecule has 0 bridgehead atoms. The number of fused-ring (bicyclic) bond motifs is 1. The normalized spacial score (nSPS) is 12.2. The predicted molar refractivity (Wildman–Crippen MR) is 91.8 cm³/mol. The Bertz CT molecular complexity index is 857. The van der Waals surface area contributed by atoms with Gasteiger partial charge in [-0.1, -0.05) is 24.3 Å². The van der Waals surface area contributed by atoms with Crippen molar-refractivity contribution >= 4 is 11.0 Å². The second-order valence-electron chi connectivity index (χ2n) is 5.62. The molecule has 3 aromatic rings. The quantitative estimate of drug-likeness (QED) is 0.780. The molecule has 0 spiro atoms. The first-order valence-electron chi connectivity index (χ1n) is 7.90. The fourth-order valence-corrected chi connectivity index (χ4v) is 2.87. The lowest BCUT2D eigenvalue weighted by atomic mass is 10.1. The Hall–Kier alpha value is -2.64. The molecule has 4 heteroatoms. The van der Waals surface area contributed by atoms with Gasteiger partial charge in [-0.2, -0.15) is 5.26 Å². The third-order valence-corrected chi connectivity index (χ3v) is 4.06. The summed E-state index contributed by atoms with van der Waals surface area (Å²) in [7, 11) is 0. The standard InChI is InChI=1S/C19H20N4/c1-3-23-18-10-5-4-9-17(18)22-19(23)14(2)21-13-16-8-6-7-15(11-16)12-20/h4-11,14,21H,3,13H2,1-2H3. The molecule has 1 heterocycles. The summed E-state index contributed by atoms with van der Waals surface area (Å²) in [5.41, 5.74) is 4.00. The van der Waals surface area contributed by atoms with E-state index in [1.807, 2.05) is 42.5 Å². The molecule has 4 nitrogen and oxygen atoms in total. The Balaban J connectivity index is 1.80. The van der Waals surface area contributed by atoms with Crippen LogP contribution in [0.5, 0.6) is 0 Å². The van der Waals surface area contributed by atoms with Crippen molar-refractivity contribution in [1.29, 1.82) is 5.26 Å². The summed E-state index contributed by atoms with van der Waals surface area (Å²) in [4.78, 5) is 4.78. The van der Waals surface area contributed by atoms with Gasteiger partial charge in [-0.15, -0.1) is 0 Å². The molecule has 1 unspecified atom stereocenters. The van der Waals surface area contributed by atoms with Crippen molar-refractivity contribution in [2.45, 2.75) is 33.0 Å². The Labute approximate surface area is 136 Å². The molecule has 23 heavy (non-hydrogen) atoms. The van der Waals surface area contributed by atoms with Crippen LogP contribution < -0.4 is 5.32 Å². The summed E-state index contributed by atoms with van der Waals surface area (Å²) in [6, 6.07) is 18.2. The van der Waals surface area contributed by atoms with E-state index in [-0.39, 0.29) is 6.04 Å². The van der Waals surface area contributed by atoms with E-state index in [1.54, 1.807) is 0 Å². The Morgan fingerprint density at radius 1 is 1.22 bits per heavy atom. The van der Waals surface area contributed by atoms with Crippen LogP contribution >= 0.6 is 0 Å². The number of hydrogen-bond donors (Lipinski definition) is 1. The van der Waals surface area contributed by atoms with Crippen molar-refractivity contribution in [3.05, 3.63) is 65.5 Å². The number of para-hydroxylation sites is 2. The molecular weight excluding hydrogens is 284 g/mol. The number of hydrogen-bond acceptors (Lipinski definition) is 3. The van der Waals surface area contributed by atoms with Crippen LogP contribution in [0.25, 0.3) is 11.0 Å². The van der Waals surface area contributed by atoms with E-state index < -0.39 is 0 Å². The van der Waals surface area contributed by atoms with Gasteiger partial charge in [0.05, 0.1) is 28.7 Å². The summed E-state index contributed by atoms with van der Waals surface area (Å²) >= 11 is 0. The molecule has 2 aromatic carbocycles. The fraction of sp³-hybridized carbons (Fsp3) is 0.263. The lowest BCUT2D eigenvalue weighted by Gasteiger charge is -2.15. The van der Waals surface area contributed by atoms with Gasteiger partial charge in [-0.3, -0.25) is 0 Å². The lowest BCUT2D eigenvalue weighted by molar-refractivity contribution is 0.521. The van der Waals surface area contributed by atoms with Crippen LogP contribution in [0.15, 0.2) is 48.5 Å². The van der Waals surface area contributed by atoms with Gasteiger partial charge >= 0.3 is 0 Å². The molecule has 0 aliphatic carbocycles. The topological polar surface area (TPSA) is 53.6 Å². The van der Waals surface area contributed by atoms with Gasteiger partial charge in [0.2, 0.25) is 0 Å². The van der Waals surface area contributed by atoms with Crippen LogP contribution in [0.2, 0.25) is 0 Å². The third-order valence-electron chi connectivity index (χ3n) is 4.06. The maximum Gasteiger partial charge on any atom is 0.126 e. The van der Waals surface area contributed by atoms with Gasteiger partial charge in [0.1, 0.15) is 5.82 Å². The summed E-state index contributed by atoms with van der Waals surface area (Å²) in [5, 5.41) is 12.5. The van der Waals surface area contributed by atoms with Gasteiger partial charge in [0.15, 0.2) is 0 Å². The average molecular weight is 304 g/mol. The predicted octanol–water partition coefficient (Wildman–Crippen LogP) is 3.78. The monoisotopic (exact) mass is 304 g/mol. The Morgan fingerprint density at radius 3 is 2.83 bits per heavy atom. The molecule has 116 valence electrons. The van der Waals surface area contributed by atoms with Crippen LogP contribution in [0.3, 0.4) is 0 Å². The highest BCUT2D eigenvalue weighted by Crippen LogP contribution is 2.21. The van der Waals surface area contributed by atoms with Crippen molar-refractivity contribution in [2.24, 2.45) is 0 Å². The summed E-state index contributed by atoms with van der Waals surface area (Å²) in [5.74, 6) is 1.05. The van der Waals surface area contributed by atoms with E-state index in [4.69, 9.17) is 10.2 Å². The van der Waals surface area contributed by atoms with Crippen molar-refractivity contribution in [1.82, 2.24) is 14.9 Å². The highest BCUT2D eigenvalue weighted by Gasteiger charge is 2.15. The zero-order valence-electron chi connectivity index (χ0n) is 13.5. The third kappa shape index (κ3) is 3.10. The van der Waals surface area contributed by atoms with Crippen LogP contribution in [0.1, 0.15) is 36.8 Å². The van der Waals surface area contributed by atoms with Crippen LogP contribution in [0.4, 0.5) is 0 Å². The van der Waals surface area contributed by atoms with Gasteiger partial charge in [-0.05, 0) is 43.7 Å². The number of nitriles is 1. The van der Waals surface area contributed by atoms with Crippen LogP contribution in [0, 0.1) is 11.3 Å². The minimum Gasteiger partial charge on any atom is -0.327 e. The molecule has 3 rings (SSSR count). The van der Waals surface area contributed by atoms with Crippen molar-refractivity contribution in [2.75, 3.05) is 0 Å². The minimum atomic E-state index is 0.132. The number of imidazole rings is 1. The molecule has 1 aromatic heterocycles. The summed E-state index contributed by atoms with van der Waals surface area (Å²) in [6.45, 7) is 5.87. The Kier molecular flexibility index (Phi) is 4.40. The van der Waals surface area contributed by atoms with E-state index in [0.717, 1.165) is 23.4 Å². The lowest BCUT2D eigenvalue weighted by Crippen LogP contribution is -2.21. The van der Waals surface area contributed by atoms with Gasteiger partial charge in [0, 0.05) is 13.1 Å². The maximum atomic E-state index is 8.98. The molecule has 1 N–H and O–H groups in total. The van der Waals surface area contributed by atoms with E-state index in [1.165, 1.54) is 5.52 Å². The first kappa shape index (κ1) is 15.3. The molecule has 0 aliphatic rings. The summed E-state index contributed by atoms with van der Waals surface area (Å²) in [6.07, 6.45) is 0. The molecule has 0 amide bonds. The second-order valence-corrected chi connectivity index (χ2v) is 5.62. The van der Waals surface area contributed by atoms with Crippen LogP contribution in [-0.4, -0.2) is 9.55 Å². The van der Waals surface area contributed by atoms with Gasteiger partial charge < -0.3 is 9.88 Å². The molecule has 1 atom stereocenters. The first-order chi connectivity index (χ1) is 11.2. The number of rotatable bonds is 5. The molecule has 0 saturated carbocycles. The smallest absolute Gasteiger partial charge is 0.126 e. The van der Waals surface area contributed by atoms with Crippen molar-refractivity contribution < 1.29 is 0 Å². The maximum absolute atomic E-state index is 8.98. The number of nitrogens with zero attached hydrogens (tertiary/aromatic N) is 3. The average Bonchev–Trinajstić information content (AvgIpc) is 2.98. The van der Waals surface area contributed by atoms with E-state index >= 15 is 0 Å². The Morgan fingerprint density at radius 2 is 2.04 bits per heavy atom. The number of aromatic nitrogens is 2. The SMILES string of the molecule is CCn1c(C(C)NCc2cccc(C#N)c2)nc2ccccc21. The number of benzene rings is 2. The van der Waals surface area contributed by atoms with E-state index in [9.17, 15) is 0 Å². The number of nitrogens with one attached hydrogen (secondary N) is 1. The zero-order chi connectivity index (χ0) is 16.2. The fourth-order valence-electron chi connectivity index (χ4n) is 2.87. The van der Waals surface area contributed by atoms with Crippen molar-refractivity contribution in [3.63, 3.8) is 0 Å². The molecular formula is C19H20N4. The second kappa shape index (κ2) is 6.64. The highest BCUT2D eigenvalue weighted by atomic mass is 15.1. The largest absolute Gasteiger partial charge is 0.327 e. The molecule has 0 saturated heterocycles. The first-order valence-corrected chi connectivity index (χ1v) is 7.90. The molecule has 0 aliphatic heterocycles. The number of aryl methyl sites for hydroxylation is 1. The summed E-state index contributed by atoms with van der Waals surface area (Å²) < 4.78 is 2.25. The van der Waals surface area contributed by atoms with Crippen molar-refractivity contribution in [3.8, 4) is 6.07 Å². The van der Waals surface area contributed by atoms with E-state index in [2.05, 4.69) is 35.9 Å². The van der Waals surface area contributed by atoms with Crippen LogP contribution in [-0.2, 0) is 13.1 Å². The minimum absolute atomic E-state index is 0.132. The zero-order valence-corrected chi connectivity index (χ0v) is 13.5. The molecule has 0 radical (unpaired) electrons. The highest BCUT2D eigenvalue weighted by molar-refractivity contribution is 5.76. The molecule has 0 fully saturated rings. The van der Waals surface area contributed by atoms with Gasteiger partial charge in [0.25, 0.3) is 0 Å². The van der Waals surface area contributed by atoms with Gasteiger partial charge in [-0.25, -0.2) is 4.98 Å². The van der Waals surface area contributed by atoms with E-state index in [0.29, 0.717) is 12.1 Å².